The minimum Gasteiger partial charge on any atom is -0.465 e. The van der Waals surface area contributed by atoms with E-state index < -0.39 is 0 Å². The van der Waals surface area contributed by atoms with Gasteiger partial charge in [0.15, 0.2) is 4.80 Å². The molecule has 5 heteroatoms. The zero-order valence-electron chi connectivity index (χ0n) is 8.66. The first-order chi connectivity index (χ1) is 7.75. The van der Waals surface area contributed by atoms with Gasteiger partial charge in [-0.1, -0.05) is 0 Å². The fourth-order valence-corrected chi connectivity index (χ4v) is 1.84. The van der Waals surface area contributed by atoms with Crippen molar-refractivity contribution in [1.82, 2.24) is 4.57 Å². The smallest absolute Gasteiger partial charge is 0.272 e. The zero-order chi connectivity index (χ0) is 11.4. The van der Waals surface area contributed by atoms with Gasteiger partial charge in [0.2, 0.25) is 0 Å². The predicted molar refractivity (Wildman–Crippen MR) is 61.6 cm³/mol. The molecule has 0 saturated heterocycles. The van der Waals surface area contributed by atoms with Crippen molar-refractivity contribution in [2.24, 2.45) is 12.0 Å². The summed E-state index contributed by atoms with van der Waals surface area (Å²) in [5.41, 5.74) is 0. The van der Waals surface area contributed by atoms with Crippen LogP contribution < -0.4 is 4.80 Å². The molecule has 2 aromatic heterocycles. The standard InChI is InChI=1S/C11H10N2O2S/c1-13-6-8-16-11(13)12-10(14)5-4-9-3-2-7-15-9/h2-8H,1H3. The third-order valence-electron chi connectivity index (χ3n) is 1.90. The highest BCUT2D eigenvalue weighted by atomic mass is 32.1. The summed E-state index contributed by atoms with van der Waals surface area (Å²) in [6, 6.07) is 3.54. The molecule has 4 nitrogen and oxygen atoms in total. The third-order valence-corrected chi connectivity index (χ3v) is 2.75. The van der Waals surface area contributed by atoms with Gasteiger partial charge in [-0.25, -0.2) is 0 Å². The second-order valence-corrected chi connectivity index (χ2v) is 3.97. The van der Waals surface area contributed by atoms with Crippen LogP contribution in [-0.4, -0.2) is 10.5 Å². The van der Waals surface area contributed by atoms with Gasteiger partial charge in [0.05, 0.1) is 6.26 Å². The molecule has 0 aliphatic carbocycles. The molecule has 0 atom stereocenters. The summed E-state index contributed by atoms with van der Waals surface area (Å²) < 4.78 is 6.85. The number of thiazole rings is 1. The lowest BCUT2D eigenvalue weighted by Crippen LogP contribution is -2.11. The van der Waals surface area contributed by atoms with Crippen LogP contribution in [0.4, 0.5) is 0 Å². The summed E-state index contributed by atoms with van der Waals surface area (Å²) >= 11 is 1.42. The molecular weight excluding hydrogens is 224 g/mol. The highest BCUT2D eigenvalue weighted by Gasteiger charge is 1.95. The fourth-order valence-electron chi connectivity index (χ4n) is 1.11. The van der Waals surface area contributed by atoms with Gasteiger partial charge in [0.1, 0.15) is 5.76 Å². The Hall–Kier alpha value is -1.88. The SMILES string of the molecule is Cn1ccsc1=NC(=O)C=Cc1ccco1. The van der Waals surface area contributed by atoms with Gasteiger partial charge in [-0.3, -0.25) is 4.79 Å². The van der Waals surface area contributed by atoms with Gasteiger partial charge in [-0.05, 0) is 18.2 Å². The molecule has 0 saturated carbocycles. The second kappa shape index (κ2) is 4.76. The van der Waals surface area contributed by atoms with Crippen LogP contribution in [0.2, 0.25) is 0 Å². The van der Waals surface area contributed by atoms with Gasteiger partial charge in [-0.15, -0.1) is 11.3 Å². The Bertz CT molecular complexity index is 561. The molecule has 2 heterocycles. The maximum absolute atomic E-state index is 11.5. The number of nitrogens with zero attached hydrogens (tertiary/aromatic N) is 2. The fraction of sp³-hybridized carbons (Fsp3) is 0.0909. The van der Waals surface area contributed by atoms with Crippen molar-refractivity contribution in [3.63, 3.8) is 0 Å². The number of hydrogen-bond acceptors (Lipinski definition) is 3. The van der Waals surface area contributed by atoms with Crippen molar-refractivity contribution in [2.75, 3.05) is 0 Å². The lowest BCUT2D eigenvalue weighted by molar-refractivity contribution is -0.113. The first-order valence-electron chi connectivity index (χ1n) is 4.66. The van der Waals surface area contributed by atoms with E-state index in [1.165, 1.54) is 17.4 Å². The summed E-state index contributed by atoms with van der Waals surface area (Å²) in [6.45, 7) is 0. The zero-order valence-corrected chi connectivity index (χ0v) is 9.48. The first kappa shape index (κ1) is 10.6. The molecule has 0 aromatic carbocycles. The second-order valence-electron chi connectivity index (χ2n) is 3.10. The van der Waals surface area contributed by atoms with Crippen LogP contribution in [-0.2, 0) is 11.8 Å². The van der Waals surface area contributed by atoms with E-state index in [-0.39, 0.29) is 5.91 Å². The number of hydrogen-bond donors (Lipinski definition) is 0. The molecule has 2 aromatic rings. The molecule has 2 rings (SSSR count). The van der Waals surface area contributed by atoms with Crippen molar-refractivity contribution < 1.29 is 9.21 Å². The lowest BCUT2D eigenvalue weighted by atomic mass is 10.4. The van der Waals surface area contributed by atoms with Crippen molar-refractivity contribution in [2.45, 2.75) is 0 Å². The lowest BCUT2D eigenvalue weighted by Gasteiger charge is -1.87. The van der Waals surface area contributed by atoms with Crippen LogP contribution in [0.3, 0.4) is 0 Å². The van der Waals surface area contributed by atoms with E-state index in [1.54, 1.807) is 29.0 Å². The van der Waals surface area contributed by atoms with E-state index in [9.17, 15) is 4.79 Å². The van der Waals surface area contributed by atoms with Gasteiger partial charge in [-0.2, -0.15) is 4.99 Å². The number of carbonyl (C=O) groups excluding carboxylic acids is 1. The summed E-state index contributed by atoms with van der Waals surface area (Å²) in [5, 5.41) is 1.88. The number of aromatic nitrogens is 1. The molecule has 1 amide bonds. The molecule has 0 bridgehead atoms. The van der Waals surface area contributed by atoms with E-state index in [0.29, 0.717) is 10.6 Å². The molecule has 0 fully saturated rings. The van der Waals surface area contributed by atoms with Crippen molar-refractivity contribution in [3.8, 4) is 0 Å². The molecule has 0 N–H and O–H groups in total. The minimum atomic E-state index is -0.297. The number of carbonyl (C=O) groups is 1. The average molecular weight is 234 g/mol. The van der Waals surface area contributed by atoms with Crippen LogP contribution in [0.5, 0.6) is 0 Å². The summed E-state index contributed by atoms with van der Waals surface area (Å²) in [6.07, 6.45) is 6.39. The highest BCUT2D eigenvalue weighted by Crippen LogP contribution is 2.02. The van der Waals surface area contributed by atoms with Crippen molar-refractivity contribution in [1.29, 1.82) is 0 Å². The maximum Gasteiger partial charge on any atom is 0.272 e. The van der Waals surface area contributed by atoms with E-state index in [0.717, 1.165) is 0 Å². The Balaban J connectivity index is 2.14. The Kier molecular flexibility index (Phi) is 3.16. The third kappa shape index (κ3) is 2.58. The van der Waals surface area contributed by atoms with Crippen molar-refractivity contribution in [3.05, 3.63) is 46.6 Å². The molecule has 0 spiro atoms. The molecule has 0 unspecified atom stereocenters. The molecule has 16 heavy (non-hydrogen) atoms. The maximum atomic E-state index is 11.5. The summed E-state index contributed by atoms with van der Waals surface area (Å²) in [7, 11) is 1.85. The van der Waals surface area contributed by atoms with Crippen LogP contribution in [0.25, 0.3) is 6.08 Å². The minimum absolute atomic E-state index is 0.297. The van der Waals surface area contributed by atoms with E-state index >= 15 is 0 Å². The van der Waals surface area contributed by atoms with Gasteiger partial charge in [0, 0.05) is 24.7 Å². The number of furan rings is 1. The average Bonchev–Trinajstić information content (AvgIpc) is 2.88. The molecule has 0 aliphatic heterocycles. The van der Waals surface area contributed by atoms with Crippen LogP contribution in [0, 0.1) is 0 Å². The van der Waals surface area contributed by atoms with E-state index in [2.05, 4.69) is 4.99 Å². The quantitative estimate of drug-likeness (QED) is 0.744. The molecular formula is C11H10N2O2S. The Morgan fingerprint density at radius 1 is 1.62 bits per heavy atom. The largest absolute Gasteiger partial charge is 0.465 e. The van der Waals surface area contributed by atoms with Crippen molar-refractivity contribution >= 4 is 23.3 Å². The normalized spacial score (nSPS) is 12.4. The van der Waals surface area contributed by atoms with Gasteiger partial charge < -0.3 is 8.98 Å². The summed E-state index contributed by atoms with van der Waals surface area (Å²) in [4.78, 5) is 16.1. The van der Waals surface area contributed by atoms with E-state index in [1.807, 2.05) is 18.6 Å². The highest BCUT2D eigenvalue weighted by molar-refractivity contribution is 7.07. The molecule has 0 aliphatic rings. The predicted octanol–water partition coefficient (Wildman–Crippen LogP) is 1.82. The Morgan fingerprint density at radius 2 is 2.50 bits per heavy atom. The molecule has 82 valence electrons. The molecule has 0 radical (unpaired) electrons. The van der Waals surface area contributed by atoms with E-state index in [4.69, 9.17) is 4.42 Å². The number of aryl methyl sites for hydroxylation is 1. The van der Waals surface area contributed by atoms with Crippen LogP contribution in [0.1, 0.15) is 5.76 Å². The summed E-state index contributed by atoms with van der Waals surface area (Å²) in [5.74, 6) is 0.341. The van der Waals surface area contributed by atoms with Crippen LogP contribution in [0.15, 0.2) is 45.5 Å². The van der Waals surface area contributed by atoms with Crippen LogP contribution >= 0.6 is 11.3 Å². The number of rotatable bonds is 2. The number of amides is 1. The topological polar surface area (TPSA) is 47.5 Å². The van der Waals surface area contributed by atoms with Gasteiger partial charge in [0.25, 0.3) is 5.91 Å². The monoisotopic (exact) mass is 234 g/mol. The van der Waals surface area contributed by atoms with Gasteiger partial charge >= 0.3 is 0 Å². The Labute approximate surface area is 96.2 Å². The first-order valence-corrected chi connectivity index (χ1v) is 5.54. The Morgan fingerprint density at radius 3 is 3.12 bits per heavy atom.